The van der Waals surface area contributed by atoms with Gasteiger partial charge in [-0.1, -0.05) is 30.3 Å². The van der Waals surface area contributed by atoms with Crippen molar-refractivity contribution in [2.45, 2.75) is 31.9 Å². The fourth-order valence-corrected chi connectivity index (χ4v) is 2.40. The molecule has 0 spiro atoms. The summed E-state index contributed by atoms with van der Waals surface area (Å²) in [5.74, 6) is -1.17. The van der Waals surface area contributed by atoms with Crippen LogP contribution in [0.4, 0.5) is 0 Å². The van der Waals surface area contributed by atoms with Gasteiger partial charge in [0.15, 0.2) is 0 Å². The Balaban J connectivity index is 1.83. The third-order valence-electron chi connectivity index (χ3n) is 3.45. The zero-order chi connectivity index (χ0) is 14.4. The highest BCUT2D eigenvalue weighted by atomic mass is 16.5. The number of amides is 1. The Morgan fingerprint density at radius 3 is 2.70 bits per heavy atom. The third-order valence-corrected chi connectivity index (χ3v) is 3.45. The summed E-state index contributed by atoms with van der Waals surface area (Å²) in [4.78, 5) is 24.6. The van der Waals surface area contributed by atoms with Crippen molar-refractivity contribution >= 4 is 11.9 Å². The van der Waals surface area contributed by atoms with Gasteiger partial charge in [0.05, 0.1) is 6.61 Å². The Labute approximate surface area is 118 Å². The van der Waals surface area contributed by atoms with Crippen LogP contribution >= 0.6 is 0 Å². The Hall–Kier alpha value is -1.88. The maximum absolute atomic E-state index is 12.0. The molecule has 1 unspecified atom stereocenters. The monoisotopic (exact) mass is 277 g/mol. The SMILES string of the molecule is O=C(O)C1CCCCN1C(=O)COCc1ccccc1. The van der Waals surface area contributed by atoms with Gasteiger partial charge >= 0.3 is 5.97 Å². The van der Waals surface area contributed by atoms with Crippen LogP contribution in [0.3, 0.4) is 0 Å². The minimum atomic E-state index is -0.930. The Morgan fingerprint density at radius 2 is 2.00 bits per heavy atom. The lowest BCUT2D eigenvalue weighted by atomic mass is 10.0. The van der Waals surface area contributed by atoms with Crippen molar-refractivity contribution < 1.29 is 19.4 Å². The molecule has 1 fully saturated rings. The normalized spacial score (nSPS) is 18.8. The standard InChI is InChI=1S/C15H19NO4/c17-14(11-20-10-12-6-2-1-3-7-12)16-9-5-4-8-13(16)15(18)19/h1-3,6-7,13H,4-5,8-11H2,(H,18,19). The van der Waals surface area contributed by atoms with Crippen molar-refractivity contribution in [1.29, 1.82) is 0 Å². The molecule has 0 aromatic heterocycles. The van der Waals surface area contributed by atoms with E-state index in [0.717, 1.165) is 18.4 Å². The van der Waals surface area contributed by atoms with Gasteiger partial charge in [-0.25, -0.2) is 4.79 Å². The van der Waals surface area contributed by atoms with Gasteiger partial charge in [0.1, 0.15) is 12.6 Å². The average molecular weight is 277 g/mol. The number of hydrogen-bond acceptors (Lipinski definition) is 3. The maximum atomic E-state index is 12.0. The van der Waals surface area contributed by atoms with Crippen LogP contribution in [0.15, 0.2) is 30.3 Å². The lowest BCUT2D eigenvalue weighted by molar-refractivity contribution is -0.154. The lowest BCUT2D eigenvalue weighted by Gasteiger charge is -2.32. The number of ether oxygens (including phenoxy) is 1. The Bertz CT molecular complexity index is 460. The highest BCUT2D eigenvalue weighted by molar-refractivity contribution is 5.84. The average Bonchev–Trinajstić information content (AvgIpc) is 2.48. The van der Waals surface area contributed by atoms with Gasteiger partial charge in [-0.3, -0.25) is 4.79 Å². The van der Waals surface area contributed by atoms with E-state index in [4.69, 9.17) is 9.84 Å². The molecule has 0 radical (unpaired) electrons. The molecule has 1 aromatic carbocycles. The molecule has 1 aliphatic heterocycles. The Morgan fingerprint density at radius 1 is 1.25 bits per heavy atom. The highest BCUT2D eigenvalue weighted by Gasteiger charge is 2.31. The Kier molecular flexibility index (Phi) is 5.12. The fourth-order valence-electron chi connectivity index (χ4n) is 2.40. The van der Waals surface area contributed by atoms with E-state index in [2.05, 4.69) is 0 Å². The number of nitrogens with zero attached hydrogens (tertiary/aromatic N) is 1. The van der Waals surface area contributed by atoms with E-state index in [1.165, 1.54) is 4.90 Å². The maximum Gasteiger partial charge on any atom is 0.326 e. The molecule has 1 saturated heterocycles. The van der Waals surface area contributed by atoms with Crippen LogP contribution < -0.4 is 0 Å². The summed E-state index contributed by atoms with van der Waals surface area (Å²) in [7, 11) is 0. The van der Waals surface area contributed by atoms with Gasteiger partial charge in [-0.2, -0.15) is 0 Å². The first-order valence-corrected chi connectivity index (χ1v) is 6.82. The highest BCUT2D eigenvalue weighted by Crippen LogP contribution is 2.17. The van der Waals surface area contributed by atoms with E-state index in [1.54, 1.807) is 0 Å². The molecule has 1 atom stereocenters. The first-order chi connectivity index (χ1) is 9.68. The van der Waals surface area contributed by atoms with E-state index in [0.29, 0.717) is 19.6 Å². The molecule has 1 aromatic rings. The lowest BCUT2D eigenvalue weighted by Crippen LogP contribution is -2.49. The topological polar surface area (TPSA) is 66.8 Å². The van der Waals surface area contributed by atoms with Gasteiger partial charge in [0.2, 0.25) is 5.91 Å². The minimum absolute atomic E-state index is 0.0708. The summed E-state index contributed by atoms with van der Waals surface area (Å²) in [5, 5.41) is 9.13. The number of piperidine rings is 1. The van der Waals surface area contributed by atoms with Crippen LogP contribution in [0.1, 0.15) is 24.8 Å². The molecule has 1 amide bonds. The third kappa shape index (κ3) is 3.81. The molecule has 0 aliphatic carbocycles. The second-order valence-electron chi connectivity index (χ2n) is 4.92. The van der Waals surface area contributed by atoms with Crippen LogP contribution in [0.5, 0.6) is 0 Å². The van der Waals surface area contributed by atoms with Crippen molar-refractivity contribution in [3.05, 3.63) is 35.9 Å². The predicted molar refractivity (Wildman–Crippen MR) is 73.1 cm³/mol. The molecule has 20 heavy (non-hydrogen) atoms. The van der Waals surface area contributed by atoms with Crippen molar-refractivity contribution in [1.82, 2.24) is 4.90 Å². The zero-order valence-corrected chi connectivity index (χ0v) is 11.3. The number of carboxylic acids is 1. The van der Waals surface area contributed by atoms with Crippen molar-refractivity contribution in [2.75, 3.05) is 13.2 Å². The number of carbonyl (C=O) groups is 2. The van der Waals surface area contributed by atoms with E-state index < -0.39 is 12.0 Å². The number of carbonyl (C=O) groups excluding carboxylic acids is 1. The predicted octanol–water partition coefficient (Wildman–Crippen LogP) is 1.67. The van der Waals surface area contributed by atoms with Crippen LogP contribution in [0, 0.1) is 0 Å². The molecule has 1 N–H and O–H groups in total. The van der Waals surface area contributed by atoms with Gasteiger partial charge in [0, 0.05) is 6.54 Å². The molecule has 5 heteroatoms. The summed E-state index contributed by atoms with van der Waals surface area (Å²) < 4.78 is 5.38. The van der Waals surface area contributed by atoms with Crippen molar-refractivity contribution in [2.24, 2.45) is 0 Å². The summed E-state index contributed by atoms with van der Waals surface area (Å²) in [6.45, 7) is 0.793. The number of likely N-dealkylation sites (tertiary alicyclic amines) is 1. The van der Waals surface area contributed by atoms with Crippen LogP contribution in [0.2, 0.25) is 0 Å². The van der Waals surface area contributed by atoms with Crippen LogP contribution in [0.25, 0.3) is 0 Å². The van der Waals surface area contributed by atoms with Crippen molar-refractivity contribution in [3.8, 4) is 0 Å². The van der Waals surface area contributed by atoms with Gasteiger partial charge in [-0.05, 0) is 24.8 Å². The van der Waals surface area contributed by atoms with Gasteiger partial charge in [-0.15, -0.1) is 0 Å². The molecular formula is C15H19NO4. The number of aliphatic carboxylic acids is 1. The number of carboxylic acid groups (broad SMARTS) is 1. The second kappa shape index (κ2) is 7.05. The van der Waals surface area contributed by atoms with Crippen LogP contribution in [-0.4, -0.2) is 41.1 Å². The molecular weight excluding hydrogens is 258 g/mol. The minimum Gasteiger partial charge on any atom is -0.480 e. The summed E-state index contributed by atoms with van der Waals surface area (Å²) in [6.07, 6.45) is 2.24. The number of rotatable bonds is 5. The van der Waals surface area contributed by atoms with E-state index in [9.17, 15) is 9.59 Å². The van der Waals surface area contributed by atoms with Crippen LogP contribution in [-0.2, 0) is 20.9 Å². The smallest absolute Gasteiger partial charge is 0.326 e. The van der Waals surface area contributed by atoms with Crippen molar-refractivity contribution in [3.63, 3.8) is 0 Å². The molecule has 0 bridgehead atoms. The van der Waals surface area contributed by atoms with E-state index >= 15 is 0 Å². The first kappa shape index (κ1) is 14.5. The van der Waals surface area contributed by atoms with E-state index in [1.807, 2.05) is 30.3 Å². The molecule has 108 valence electrons. The summed E-state index contributed by atoms with van der Waals surface area (Å²) in [6, 6.07) is 8.88. The second-order valence-corrected chi connectivity index (χ2v) is 4.92. The molecule has 1 aliphatic rings. The van der Waals surface area contributed by atoms with Gasteiger partial charge < -0.3 is 14.7 Å². The zero-order valence-electron chi connectivity index (χ0n) is 11.3. The molecule has 2 rings (SSSR count). The molecule has 0 saturated carbocycles. The number of benzene rings is 1. The number of hydrogen-bond donors (Lipinski definition) is 1. The molecule has 1 heterocycles. The fraction of sp³-hybridized carbons (Fsp3) is 0.467. The summed E-state index contributed by atoms with van der Waals surface area (Å²) in [5.41, 5.74) is 0.994. The van der Waals surface area contributed by atoms with E-state index in [-0.39, 0.29) is 12.5 Å². The summed E-state index contributed by atoms with van der Waals surface area (Å²) >= 11 is 0. The molecule has 5 nitrogen and oxygen atoms in total. The quantitative estimate of drug-likeness (QED) is 0.889. The van der Waals surface area contributed by atoms with Gasteiger partial charge in [0.25, 0.3) is 0 Å². The largest absolute Gasteiger partial charge is 0.480 e. The first-order valence-electron chi connectivity index (χ1n) is 6.82.